The number of hydrogen-bond donors (Lipinski definition) is 1. The number of rotatable bonds is 6. The van der Waals surface area contributed by atoms with Crippen LogP contribution in [-0.4, -0.2) is 27.0 Å². The number of fused-ring (bicyclic) bond motifs is 1. The van der Waals surface area contributed by atoms with Gasteiger partial charge in [0.15, 0.2) is 5.65 Å². The van der Waals surface area contributed by atoms with Crippen molar-refractivity contribution in [1.29, 1.82) is 0 Å². The first-order chi connectivity index (χ1) is 13.0. The first-order valence-corrected chi connectivity index (χ1v) is 9.63. The number of amides is 1. The Morgan fingerprint density at radius 2 is 1.93 bits per heavy atom. The van der Waals surface area contributed by atoms with Crippen molar-refractivity contribution in [3.63, 3.8) is 0 Å². The zero-order valence-corrected chi connectivity index (χ0v) is 16.2. The molecule has 4 rings (SSSR count). The zero-order chi connectivity index (χ0) is 19.0. The van der Waals surface area contributed by atoms with E-state index in [2.05, 4.69) is 46.6 Å². The maximum atomic E-state index is 12.5. The fourth-order valence-electron chi connectivity index (χ4n) is 3.91. The molecule has 2 heterocycles. The van der Waals surface area contributed by atoms with Gasteiger partial charge in [0.1, 0.15) is 0 Å². The predicted molar refractivity (Wildman–Crippen MR) is 106 cm³/mol. The molecule has 0 bridgehead atoms. The minimum Gasteiger partial charge on any atom is -0.355 e. The summed E-state index contributed by atoms with van der Waals surface area (Å²) in [6, 6.07) is 12.5. The highest BCUT2D eigenvalue weighted by molar-refractivity contribution is 5.76. The van der Waals surface area contributed by atoms with Crippen molar-refractivity contribution in [2.45, 2.75) is 51.9 Å². The molecule has 2 aromatic heterocycles. The molecule has 1 saturated carbocycles. The number of aryl methyl sites for hydroxylation is 3. The Labute approximate surface area is 159 Å². The maximum absolute atomic E-state index is 12.5. The number of carbonyl (C=O) groups excluding carboxylic acids is 1. The standard InChI is InChI=1S/C22H26N4O/c1-15-13-20-24-16(2)19(17(3)26(20)25-15)9-10-21(27)23-14-22(11-12-22)18-7-5-4-6-8-18/h4-8,13H,9-12,14H2,1-3H3,(H,23,27). The number of aromatic nitrogens is 3. The average molecular weight is 362 g/mol. The van der Waals surface area contributed by atoms with Crippen LogP contribution in [0.15, 0.2) is 36.4 Å². The summed E-state index contributed by atoms with van der Waals surface area (Å²) in [5.74, 6) is 0.104. The summed E-state index contributed by atoms with van der Waals surface area (Å²) in [7, 11) is 0. The lowest BCUT2D eigenvalue weighted by atomic mass is 9.96. The fraction of sp³-hybridized carbons (Fsp3) is 0.409. The van der Waals surface area contributed by atoms with Crippen molar-refractivity contribution in [2.24, 2.45) is 0 Å². The Morgan fingerprint density at radius 1 is 1.19 bits per heavy atom. The van der Waals surface area contributed by atoms with Gasteiger partial charge in [0.25, 0.3) is 0 Å². The molecular weight excluding hydrogens is 336 g/mol. The SMILES string of the molecule is Cc1cc2nc(C)c(CCC(=O)NCC3(c4ccccc4)CC3)c(C)n2n1. The Morgan fingerprint density at radius 3 is 2.63 bits per heavy atom. The summed E-state index contributed by atoms with van der Waals surface area (Å²) >= 11 is 0. The molecule has 0 unspecified atom stereocenters. The van der Waals surface area contributed by atoms with Gasteiger partial charge in [0, 0.05) is 35.8 Å². The molecule has 0 spiro atoms. The van der Waals surface area contributed by atoms with Crippen LogP contribution >= 0.6 is 0 Å². The molecule has 0 saturated heterocycles. The highest BCUT2D eigenvalue weighted by atomic mass is 16.1. The Kier molecular flexibility index (Phi) is 4.46. The first kappa shape index (κ1) is 17.7. The minimum atomic E-state index is 0.104. The van der Waals surface area contributed by atoms with Crippen LogP contribution in [-0.2, 0) is 16.6 Å². The van der Waals surface area contributed by atoms with Gasteiger partial charge < -0.3 is 5.32 Å². The van der Waals surface area contributed by atoms with Gasteiger partial charge in [-0.15, -0.1) is 0 Å². The molecule has 1 N–H and O–H groups in total. The van der Waals surface area contributed by atoms with Crippen molar-refractivity contribution in [3.8, 4) is 0 Å². The second-order valence-electron chi connectivity index (χ2n) is 7.74. The monoisotopic (exact) mass is 362 g/mol. The van der Waals surface area contributed by atoms with Crippen molar-refractivity contribution in [3.05, 3.63) is 64.6 Å². The maximum Gasteiger partial charge on any atom is 0.220 e. The third-order valence-electron chi connectivity index (χ3n) is 5.75. The Hall–Kier alpha value is -2.69. The van der Waals surface area contributed by atoms with Crippen LogP contribution in [0.3, 0.4) is 0 Å². The lowest BCUT2D eigenvalue weighted by Crippen LogP contribution is -2.32. The molecule has 1 aliphatic rings. The molecule has 0 aliphatic heterocycles. The third kappa shape index (κ3) is 3.46. The summed E-state index contributed by atoms with van der Waals surface area (Å²) in [5.41, 5.74) is 6.47. The summed E-state index contributed by atoms with van der Waals surface area (Å²) in [6.45, 7) is 6.76. The number of carbonyl (C=O) groups is 1. The summed E-state index contributed by atoms with van der Waals surface area (Å²) in [5, 5.41) is 7.66. The fourth-order valence-corrected chi connectivity index (χ4v) is 3.91. The van der Waals surface area contributed by atoms with Gasteiger partial charge in [-0.05, 0) is 51.2 Å². The molecule has 1 aliphatic carbocycles. The predicted octanol–water partition coefficient (Wildman–Crippen LogP) is 3.44. The molecular formula is C22H26N4O. The van der Waals surface area contributed by atoms with Crippen LogP contribution in [0, 0.1) is 20.8 Å². The molecule has 0 atom stereocenters. The van der Waals surface area contributed by atoms with Crippen molar-refractivity contribution in [2.75, 3.05) is 6.54 Å². The van der Waals surface area contributed by atoms with Crippen molar-refractivity contribution >= 4 is 11.6 Å². The highest BCUT2D eigenvalue weighted by Crippen LogP contribution is 2.47. The smallest absolute Gasteiger partial charge is 0.220 e. The lowest BCUT2D eigenvalue weighted by Gasteiger charge is -2.17. The summed E-state index contributed by atoms with van der Waals surface area (Å²) in [4.78, 5) is 17.1. The lowest BCUT2D eigenvalue weighted by molar-refractivity contribution is -0.121. The van der Waals surface area contributed by atoms with E-state index in [-0.39, 0.29) is 11.3 Å². The summed E-state index contributed by atoms with van der Waals surface area (Å²) in [6.07, 6.45) is 3.45. The van der Waals surface area contributed by atoms with E-state index >= 15 is 0 Å². The molecule has 140 valence electrons. The molecule has 27 heavy (non-hydrogen) atoms. The van der Waals surface area contributed by atoms with Gasteiger partial charge in [0.2, 0.25) is 5.91 Å². The van der Waals surface area contributed by atoms with E-state index < -0.39 is 0 Å². The van der Waals surface area contributed by atoms with Crippen molar-refractivity contribution in [1.82, 2.24) is 19.9 Å². The number of benzene rings is 1. The minimum absolute atomic E-state index is 0.104. The molecule has 1 fully saturated rings. The van der Waals surface area contributed by atoms with Crippen LogP contribution in [0.4, 0.5) is 0 Å². The zero-order valence-electron chi connectivity index (χ0n) is 16.2. The van der Waals surface area contributed by atoms with E-state index in [1.54, 1.807) is 0 Å². The number of hydrogen-bond acceptors (Lipinski definition) is 3. The Balaban J connectivity index is 1.39. The first-order valence-electron chi connectivity index (χ1n) is 9.63. The highest BCUT2D eigenvalue weighted by Gasteiger charge is 2.44. The Bertz CT molecular complexity index is 986. The second kappa shape index (κ2) is 6.80. The van der Waals surface area contributed by atoms with Gasteiger partial charge in [-0.25, -0.2) is 9.50 Å². The normalized spacial score (nSPS) is 15.1. The van der Waals surface area contributed by atoms with E-state index in [9.17, 15) is 4.79 Å². The molecule has 5 heteroatoms. The van der Waals surface area contributed by atoms with Crippen molar-refractivity contribution < 1.29 is 4.79 Å². The van der Waals surface area contributed by atoms with Crippen LogP contribution < -0.4 is 5.32 Å². The molecule has 0 radical (unpaired) electrons. The van der Waals surface area contributed by atoms with Gasteiger partial charge in [-0.2, -0.15) is 5.10 Å². The molecule has 1 amide bonds. The third-order valence-corrected chi connectivity index (χ3v) is 5.75. The van der Waals surface area contributed by atoms with Crippen LogP contribution in [0.5, 0.6) is 0 Å². The van der Waals surface area contributed by atoms with E-state index in [4.69, 9.17) is 0 Å². The van der Waals surface area contributed by atoms with Gasteiger partial charge in [-0.1, -0.05) is 30.3 Å². The number of nitrogens with one attached hydrogen (secondary N) is 1. The largest absolute Gasteiger partial charge is 0.355 e. The molecule has 1 aromatic carbocycles. The molecule has 5 nitrogen and oxygen atoms in total. The van der Waals surface area contributed by atoms with Crippen LogP contribution in [0.25, 0.3) is 5.65 Å². The van der Waals surface area contributed by atoms with Crippen LogP contribution in [0.1, 0.15) is 47.5 Å². The topological polar surface area (TPSA) is 59.3 Å². The van der Waals surface area contributed by atoms with E-state index in [1.165, 1.54) is 5.56 Å². The van der Waals surface area contributed by atoms with Crippen LogP contribution in [0.2, 0.25) is 0 Å². The van der Waals surface area contributed by atoms with E-state index in [0.29, 0.717) is 12.8 Å². The van der Waals surface area contributed by atoms with Gasteiger partial charge >= 0.3 is 0 Å². The van der Waals surface area contributed by atoms with E-state index in [0.717, 1.165) is 47.7 Å². The van der Waals surface area contributed by atoms with Gasteiger partial charge in [-0.3, -0.25) is 4.79 Å². The quantitative estimate of drug-likeness (QED) is 0.731. The second-order valence-corrected chi connectivity index (χ2v) is 7.74. The van der Waals surface area contributed by atoms with Gasteiger partial charge in [0.05, 0.1) is 5.69 Å². The summed E-state index contributed by atoms with van der Waals surface area (Å²) < 4.78 is 1.88. The van der Waals surface area contributed by atoms with E-state index in [1.807, 2.05) is 30.5 Å². The number of nitrogens with zero attached hydrogens (tertiary/aromatic N) is 3. The molecule has 3 aromatic rings. The average Bonchev–Trinajstić information content (AvgIpc) is 3.36.